The molecule has 1 aromatic heterocycles. The van der Waals surface area contributed by atoms with Gasteiger partial charge in [-0.1, -0.05) is 38.1 Å². The number of nitrogens with one attached hydrogen (secondary N) is 1. The van der Waals surface area contributed by atoms with Gasteiger partial charge in [0.25, 0.3) is 0 Å². The predicted octanol–water partition coefficient (Wildman–Crippen LogP) is 3.39. The molecule has 3 heteroatoms. The van der Waals surface area contributed by atoms with Gasteiger partial charge in [-0.15, -0.1) is 0 Å². The van der Waals surface area contributed by atoms with Gasteiger partial charge >= 0.3 is 0 Å². The maximum atomic E-state index is 10.3. The molecule has 0 atom stereocenters. The second-order valence-corrected chi connectivity index (χ2v) is 5.45. The van der Waals surface area contributed by atoms with Gasteiger partial charge in [-0.05, 0) is 36.6 Å². The molecule has 0 amide bonds. The first-order valence-electron chi connectivity index (χ1n) is 7.60. The minimum atomic E-state index is -0.599. The van der Waals surface area contributed by atoms with Crippen molar-refractivity contribution < 1.29 is 5.11 Å². The summed E-state index contributed by atoms with van der Waals surface area (Å²) in [5.74, 6) is 0. The van der Waals surface area contributed by atoms with E-state index in [-0.39, 0.29) is 0 Å². The molecule has 0 aliphatic carbocycles. The van der Waals surface area contributed by atoms with Crippen LogP contribution in [0.3, 0.4) is 0 Å². The van der Waals surface area contributed by atoms with Crippen LogP contribution in [0.4, 0.5) is 0 Å². The Balaban J connectivity index is 1.99. The highest BCUT2D eigenvalue weighted by Gasteiger charge is 2.20. The molecule has 0 spiro atoms. The van der Waals surface area contributed by atoms with Crippen LogP contribution in [-0.2, 0) is 6.54 Å². The Kier molecular flexibility index (Phi) is 5.48. The Labute approximate surface area is 127 Å². The van der Waals surface area contributed by atoms with Crippen LogP contribution in [0.5, 0.6) is 0 Å². The highest BCUT2D eigenvalue weighted by molar-refractivity contribution is 5.59. The summed E-state index contributed by atoms with van der Waals surface area (Å²) in [5.41, 5.74) is 2.71. The molecular formula is C18H24N2O. The predicted molar refractivity (Wildman–Crippen MR) is 86.9 cm³/mol. The molecule has 0 fully saturated rings. The Morgan fingerprint density at radius 3 is 2.57 bits per heavy atom. The highest BCUT2D eigenvalue weighted by Crippen LogP contribution is 2.18. The molecule has 0 saturated carbocycles. The number of benzene rings is 1. The van der Waals surface area contributed by atoms with Crippen molar-refractivity contribution in [3.05, 3.63) is 54.2 Å². The Morgan fingerprint density at radius 2 is 1.90 bits per heavy atom. The van der Waals surface area contributed by atoms with Crippen LogP contribution in [0, 0.1) is 0 Å². The summed E-state index contributed by atoms with van der Waals surface area (Å²) >= 11 is 0. The molecule has 2 aromatic rings. The standard InChI is InChI=1S/C18H24N2O/c1-3-18(21,4-2)14-19-13-15-8-7-9-16(12-15)17-10-5-6-11-20-17/h5-12,19,21H,3-4,13-14H2,1-2H3. The molecule has 0 aliphatic rings. The fourth-order valence-electron chi connectivity index (χ4n) is 2.31. The molecule has 0 aliphatic heterocycles. The van der Waals surface area contributed by atoms with Crippen LogP contribution in [0.15, 0.2) is 48.7 Å². The molecule has 0 unspecified atom stereocenters. The number of aromatic nitrogens is 1. The second kappa shape index (κ2) is 7.34. The summed E-state index contributed by atoms with van der Waals surface area (Å²) in [6.07, 6.45) is 3.35. The summed E-state index contributed by atoms with van der Waals surface area (Å²) in [5, 5.41) is 13.6. The minimum Gasteiger partial charge on any atom is -0.389 e. The molecule has 2 rings (SSSR count). The summed E-state index contributed by atoms with van der Waals surface area (Å²) in [6, 6.07) is 14.3. The van der Waals surface area contributed by atoms with Gasteiger partial charge in [0.1, 0.15) is 0 Å². The number of hydrogen-bond donors (Lipinski definition) is 2. The molecular weight excluding hydrogens is 260 g/mol. The number of rotatable bonds is 7. The molecule has 1 heterocycles. The third-order valence-electron chi connectivity index (χ3n) is 3.99. The summed E-state index contributed by atoms with van der Waals surface area (Å²) in [6.45, 7) is 5.41. The maximum absolute atomic E-state index is 10.3. The molecule has 112 valence electrons. The van der Waals surface area contributed by atoms with E-state index in [9.17, 15) is 5.11 Å². The Bertz CT molecular complexity index is 550. The van der Waals surface area contributed by atoms with Crippen molar-refractivity contribution in [2.24, 2.45) is 0 Å². The molecule has 1 aromatic carbocycles. The topological polar surface area (TPSA) is 45.1 Å². The van der Waals surface area contributed by atoms with Gasteiger partial charge in [0.2, 0.25) is 0 Å². The van der Waals surface area contributed by atoms with Gasteiger partial charge in [-0.25, -0.2) is 0 Å². The van der Waals surface area contributed by atoms with Gasteiger partial charge in [0.15, 0.2) is 0 Å². The van der Waals surface area contributed by atoms with Crippen molar-refractivity contribution in [3.8, 4) is 11.3 Å². The van der Waals surface area contributed by atoms with Crippen LogP contribution in [0.25, 0.3) is 11.3 Å². The van der Waals surface area contributed by atoms with Crippen LogP contribution in [0.2, 0.25) is 0 Å². The molecule has 2 N–H and O–H groups in total. The zero-order valence-electron chi connectivity index (χ0n) is 12.8. The smallest absolute Gasteiger partial charge is 0.0766 e. The van der Waals surface area contributed by atoms with Gasteiger partial charge in [-0.2, -0.15) is 0 Å². The lowest BCUT2D eigenvalue weighted by Crippen LogP contribution is -2.39. The Morgan fingerprint density at radius 1 is 1.10 bits per heavy atom. The first-order valence-corrected chi connectivity index (χ1v) is 7.60. The average molecular weight is 284 g/mol. The molecule has 3 nitrogen and oxygen atoms in total. The van der Waals surface area contributed by atoms with E-state index in [0.29, 0.717) is 6.54 Å². The quantitative estimate of drug-likeness (QED) is 0.819. The van der Waals surface area contributed by atoms with E-state index in [0.717, 1.165) is 30.6 Å². The van der Waals surface area contributed by atoms with Gasteiger partial charge < -0.3 is 10.4 Å². The zero-order chi connectivity index (χ0) is 15.1. The normalized spacial score (nSPS) is 11.6. The van der Waals surface area contributed by atoms with E-state index in [1.54, 1.807) is 0 Å². The van der Waals surface area contributed by atoms with E-state index in [1.165, 1.54) is 5.56 Å². The van der Waals surface area contributed by atoms with E-state index in [4.69, 9.17) is 0 Å². The fraction of sp³-hybridized carbons (Fsp3) is 0.389. The molecule has 0 saturated heterocycles. The van der Waals surface area contributed by atoms with Crippen molar-refractivity contribution in [1.29, 1.82) is 0 Å². The van der Waals surface area contributed by atoms with Gasteiger partial charge in [0.05, 0.1) is 11.3 Å². The third-order valence-corrected chi connectivity index (χ3v) is 3.99. The largest absolute Gasteiger partial charge is 0.389 e. The summed E-state index contributed by atoms with van der Waals surface area (Å²) < 4.78 is 0. The van der Waals surface area contributed by atoms with Crippen LogP contribution < -0.4 is 5.32 Å². The molecule has 0 radical (unpaired) electrons. The lowest BCUT2D eigenvalue weighted by atomic mass is 9.97. The SMILES string of the molecule is CCC(O)(CC)CNCc1cccc(-c2ccccn2)c1. The minimum absolute atomic E-state index is 0.599. The molecule has 0 bridgehead atoms. The number of pyridine rings is 1. The van der Waals surface area contributed by atoms with Crippen LogP contribution >= 0.6 is 0 Å². The monoisotopic (exact) mass is 284 g/mol. The van der Waals surface area contributed by atoms with Crippen molar-refractivity contribution in [3.63, 3.8) is 0 Å². The highest BCUT2D eigenvalue weighted by atomic mass is 16.3. The van der Waals surface area contributed by atoms with E-state index < -0.39 is 5.60 Å². The zero-order valence-corrected chi connectivity index (χ0v) is 12.8. The third kappa shape index (κ3) is 4.38. The first-order chi connectivity index (χ1) is 10.2. The maximum Gasteiger partial charge on any atom is 0.0766 e. The van der Waals surface area contributed by atoms with Crippen molar-refractivity contribution >= 4 is 0 Å². The number of nitrogens with zero attached hydrogens (tertiary/aromatic N) is 1. The number of hydrogen-bond acceptors (Lipinski definition) is 3. The van der Waals surface area contributed by atoms with Crippen LogP contribution in [0.1, 0.15) is 32.3 Å². The summed E-state index contributed by atoms with van der Waals surface area (Å²) in [4.78, 5) is 4.38. The average Bonchev–Trinajstić information content (AvgIpc) is 2.56. The van der Waals surface area contributed by atoms with Crippen molar-refractivity contribution in [2.45, 2.75) is 38.8 Å². The lowest BCUT2D eigenvalue weighted by Gasteiger charge is -2.25. The van der Waals surface area contributed by atoms with Gasteiger partial charge in [-0.3, -0.25) is 4.98 Å². The van der Waals surface area contributed by atoms with Gasteiger partial charge in [0, 0.05) is 24.8 Å². The number of aliphatic hydroxyl groups is 1. The van der Waals surface area contributed by atoms with E-state index in [2.05, 4.69) is 28.5 Å². The lowest BCUT2D eigenvalue weighted by molar-refractivity contribution is 0.0323. The van der Waals surface area contributed by atoms with Crippen LogP contribution in [-0.4, -0.2) is 22.2 Å². The van der Waals surface area contributed by atoms with Crippen molar-refractivity contribution in [2.75, 3.05) is 6.54 Å². The fourth-order valence-corrected chi connectivity index (χ4v) is 2.31. The Hall–Kier alpha value is -1.71. The molecule has 21 heavy (non-hydrogen) atoms. The van der Waals surface area contributed by atoms with E-state index in [1.807, 2.05) is 44.3 Å². The van der Waals surface area contributed by atoms with E-state index >= 15 is 0 Å². The van der Waals surface area contributed by atoms with Crippen molar-refractivity contribution in [1.82, 2.24) is 10.3 Å². The first kappa shape index (κ1) is 15.7. The second-order valence-electron chi connectivity index (χ2n) is 5.45. The summed E-state index contributed by atoms with van der Waals surface area (Å²) in [7, 11) is 0.